The molecule has 0 saturated carbocycles. The van der Waals surface area contributed by atoms with Gasteiger partial charge in [0.1, 0.15) is 11.3 Å². The van der Waals surface area contributed by atoms with Gasteiger partial charge in [0.05, 0.1) is 5.02 Å². The van der Waals surface area contributed by atoms with Gasteiger partial charge in [-0.15, -0.1) is 0 Å². The van der Waals surface area contributed by atoms with E-state index in [2.05, 4.69) is 4.57 Å². The van der Waals surface area contributed by atoms with Gasteiger partial charge in [-0.1, -0.05) is 11.6 Å². The summed E-state index contributed by atoms with van der Waals surface area (Å²) in [6.07, 6.45) is 0. The Kier molecular flexibility index (Phi) is 4.92. The first-order chi connectivity index (χ1) is 12.3. The van der Waals surface area contributed by atoms with Gasteiger partial charge in [0.15, 0.2) is 6.61 Å². The van der Waals surface area contributed by atoms with Crippen molar-refractivity contribution in [2.45, 2.75) is 34.2 Å². The van der Waals surface area contributed by atoms with Crippen molar-refractivity contribution >= 4 is 28.4 Å². The zero-order valence-electron chi connectivity index (χ0n) is 15.2. The molecule has 0 amide bonds. The highest BCUT2D eigenvalue weighted by molar-refractivity contribution is 6.32. The molecular formula is C20H20ClNO4. The third-order valence-electron chi connectivity index (χ3n) is 4.55. The summed E-state index contributed by atoms with van der Waals surface area (Å²) in [5.74, 6) is 0.185. The van der Waals surface area contributed by atoms with Crippen molar-refractivity contribution in [2.75, 3.05) is 6.61 Å². The zero-order chi connectivity index (χ0) is 19.0. The number of benzene rings is 1. The first-order valence-electron chi connectivity index (χ1n) is 8.38. The highest BCUT2D eigenvalue weighted by Crippen LogP contribution is 2.31. The largest absolute Gasteiger partial charge is 0.484 e. The number of Topliss-reactive ketones (excluding diaryl/α,β-unsaturated/α-hetero) is 1. The Hall–Kier alpha value is -2.53. The second-order valence-corrected chi connectivity index (χ2v) is 6.68. The van der Waals surface area contributed by atoms with Gasteiger partial charge in [-0.25, -0.2) is 4.79 Å². The Morgan fingerprint density at radius 2 is 1.92 bits per heavy atom. The summed E-state index contributed by atoms with van der Waals surface area (Å²) < 4.78 is 12.9. The first kappa shape index (κ1) is 18.3. The minimum atomic E-state index is -0.439. The lowest BCUT2D eigenvalue weighted by atomic mass is 10.1. The summed E-state index contributed by atoms with van der Waals surface area (Å²) in [4.78, 5) is 24.1. The van der Waals surface area contributed by atoms with Crippen LogP contribution in [0.2, 0.25) is 5.02 Å². The van der Waals surface area contributed by atoms with Gasteiger partial charge in [0.2, 0.25) is 5.78 Å². The van der Waals surface area contributed by atoms with E-state index in [0.717, 1.165) is 28.9 Å². The van der Waals surface area contributed by atoms with Crippen LogP contribution in [0.5, 0.6) is 5.75 Å². The van der Waals surface area contributed by atoms with Gasteiger partial charge in [-0.3, -0.25) is 4.79 Å². The van der Waals surface area contributed by atoms with Crippen molar-refractivity contribution in [1.82, 2.24) is 4.57 Å². The molecule has 0 atom stereocenters. The zero-order valence-corrected chi connectivity index (χ0v) is 15.9. The van der Waals surface area contributed by atoms with Gasteiger partial charge in [-0.2, -0.15) is 0 Å². The van der Waals surface area contributed by atoms with E-state index in [0.29, 0.717) is 21.9 Å². The average Bonchev–Trinajstić information content (AvgIpc) is 2.87. The molecule has 0 aliphatic heterocycles. The molecule has 26 heavy (non-hydrogen) atoms. The van der Waals surface area contributed by atoms with Gasteiger partial charge >= 0.3 is 5.63 Å². The van der Waals surface area contributed by atoms with E-state index in [1.54, 1.807) is 12.1 Å². The Balaban J connectivity index is 1.87. The Morgan fingerprint density at radius 3 is 2.58 bits per heavy atom. The molecule has 0 bridgehead atoms. The van der Waals surface area contributed by atoms with Crippen LogP contribution >= 0.6 is 11.6 Å². The number of aryl methyl sites for hydroxylation is 2. The molecule has 2 aromatic heterocycles. The highest BCUT2D eigenvalue weighted by Gasteiger charge is 2.17. The first-order valence-corrected chi connectivity index (χ1v) is 8.76. The van der Waals surface area contributed by atoms with E-state index in [4.69, 9.17) is 20.8 Å². The molecule has 0 N–H and O–H groups in total. The average molecular weight is 374 g/mol. The molecule has 136 valence electrons. The number of carbonyl (C=O) groups excluding carboxylic acids is 1. The maximum absolute atomic E-state index is 12.5. The molecule has 0 fully saturated rings. The van der Waals surface area contributed by atoms with Crippen molar-refractivity contribution < 1.29 is 13.9 Å². The third kappa shape index (κ3) is 3.27. The predicted octanol–water partition coefficient (Wildman–Crippen LogP) is 4.45. The van der Waals surface area contributed by atoms with Crippen molar-refractivity contribution in [2.24, 2.45) is 0 Å². The van der Waals surface area contributed by atoms with E-state index >= 15 is 0 Å². The molecule has 0 aliphatic rings. The lowest BCUT2D eigenvalue weighted by Gasteiger charge is -2.10. The van der Waals surface area contributed by atoms with E-state index in [1.165, 1.54) is 6.07 Å². The number of ketones is 1. The van der Waals surface area contributed by atoms with Gasteiger partial charge in [0.25, 0.3) is 0 Å². The molecule has 6 heteroatoms. The van der Waals surface area contributed by atoms with Crippen molar-refractivity contribution in [3.63, 3.8) is 0 Å². The molecule has 0 saturated heterocycles. The lowest BCUT2D eigenvalue weighted by molar-refractivity contribution is 0.0921. The van der Waals surface area contributed by atoms with Crippen LogP contribution in [-0.4, -0.2) is 17.0 Å². The summed E-state index contributed by atoms with van der Waals surface area (Å²) in [6, 6.07) is 6.51. The van der Waals surface area contributed by atoms with Crippen molar-refractivity contribution in [3.05, 3.63) is 62.2 Å². The topological polar surface area (TPSA) is 61.4 Å². The SMILES string of the molecule is CCn1c(C)cc(C(=O)COc2cc3oc(=O)cc(C)c3cc2Cl)c1C. The monoisotopic (exact) mass is 373 g/mol. The fourth-order valence-electron chi connectivity index (χ4n) is 3.22. The summed E-state index contributed by atoms with van der Waals surface area (Å²) in [5.41, 5.74) is 3.31. The molecule has 0 aliphatic carbocycles. The third-order valence-corrected chi connectivity index (χ3v) is 4.85. The minimum absolute atomic E-state index is 0.125. The second-order valence-electron chi connectivity index (χ2n) is 6.27. The maximum atomic E-state index is 12.5. The van der Waals surface area contributed by atoms with Gasteiger partial charge < -0.3 is 13.7 Å². The Morgan fingerprint density at radius 1 is 1.19 bits per heavy atom. The highest BCUT2D eigenvalue weighted by atomic mass is 35.5. The van der Waals surface area contributed by atoms with Crippen LogP contribution in [-0.2, 0) is 6.54 Å². The fraction of sp³-hybridized carbons (Fsp3) is 0.300. The van der Waals surface area contributed by atoms with E-state index in [-0.39, 0.29) is 12.4 Å². The molecule has 0 spiro atoms. The molecule has 1 aromatic carbocycles. The summed E-state index contributed by atoms with van der Waals surface area (Å²) in [6.45, 7) is 8.40. The molecule has 5 nitrogen and oxygen atoms in total. The minimum Gasteiger partial charge on any atom is -0.484 e. The standard InChI is InChI=1S/C20H20ClNO4/c1-5-22-12(3)7-15(13(22)4)17(23)10-25-19-9-18-14(8-16(19)21)11(2)6-20(24)26-18/h6-9H,5,10H2,1-4H3. The Labute approximate surface area is 156 Å². The number of carbonyl (C=O) groups is 1. The second kappa shape index (κ2) is 7.00. The normalized spacial score (nSPS) is 11.1. The molecule has 0 unspecified atom stereocenters. The number of fused-ring (bicyclic) bond motifs is 1. The number of nitrogens with zero attached hydrogens (tertiary/aromatic N) is 1. The summed E-state index contributed by atoms with van der Waals surface area (Å²) >= 11 is 6.27. The summed E-state index contributed by atoms with van der Waals surface area (Å²) in [5, 5.41) is 1.10. The number of rotatable bonds is 5. The fourth-order valence-corrected chi connectivity index (χ4v) is 3.44. The molecule has 0 radical (unpaired) electrons. The van der Waals surface area contributed by atoms with E-state index in [1.807, 2.05) is 33.8 Å². The van der Waals surface area contributed by atoms with Crippen LogP contribution in [0.1, 0.15) is 34.2 Å². The molecule has 3 rings (SSSR count). The quantitative estimate of drug-likeness (QED) is 0.489. The molecule has 3 aromatic rings. The van der Waals surface area contributed by atoms with Crippen LogP contribution in [0.3, 0.4) is 0 Å². The molecule has 2 heterocycles. The van der Waals surface area contributed by atoms with Crippen molar-refractivity contribution in [3.8, 4) is 5.75 Å². The molecular weight excluding hydrogens is 354 g/mol. The van der Waals surface area contributed by atoms with Gasteiger partial charge in [-0.05, 0) is 45.4 Å². The van der Waals surface area contributed by atoms with Crippen LogP contribution < -0.4 is 10.4 Å². The lowest BCUT2D eigenvalue weighted by Crippen LogP contribution is -2.13. The number of halogens is 1. The number of ether oxygens (including phenoxy) is 1. The smallest absolute Gasteiger partial charge is 0.336 e. The van der Waals surface area contributed by atoms with Crippen molar-refractivity contribution in [1.29, 1.82) is 0 Å². The van der Waals surface area contributed by atoms with Crippen LogP contribution in [0.25, 0.3) is 11.0 Å². The van der Waals surface area contributed by atoms with Crippen LogP contribution in [0, 0.1) is 20.8 Å². The number of aromatic nitrogens is 1. The van der Waals surface area contributed by atoms with Crippen LogP contribution in [0.4, 0.5) is 0 Å². The summed E-state index contributed by atoms with van der Waals surface area (Å²) in [7, 11) is 0. The van der Waals surface area contributed by atoms with E-state index < -0.39 is 5.63 Å². The number of hydrogen-bond donors (Lipinski definition) is 0. The van der Waals surface area contributed by atoms with Gasteiger partial charge in [0, 0.05) is 41.0 Å². The van der Waals surface area contributed by atoms with Crippen LogP contribution in [0.15, 0.2) is 33.5 Å². The maximum Gasteiger partial charge on any atom is 0.336 e. The Bertz CT molecular complexity index is 1060. The number of hydrogen-bond acceptors (Lipinski definition) is 4. The van der Waals surface area contributed by atoms with E-state index in [9.17, 15) is 9.59 Å². The predicted molar refractivity (Wildman–Crippen MR) is 102 cm³/mol.